The molecular weight excluding hydrogens is 380 g/mol. The third-order valence-electron chi connectivity index (χ3n) is 6.11. The number of ether oxygens (including phenoxy) is 1. The van der Waals surface area contributed by atoms with Crippen molar-refractivity contribution in [2.45, 2.75) is 44.6 Å². The van der Waals surface area contributed by atoms with Crippen LogP contribution in [-0.4, -0.2) is 53.2 Å². The number of nitrogens with zero attached hydrogens (tertiary/aromatic N) is 3. The maximum Gasteiger partial charge on any atom is 0.253 e. The average Bonchev–Trinajstić information content (AvgIpc) is 3.34. The van der Waals surface area contributed by atoms with E-state index in [2.05, 4.69) is 15.5 Å². The van der Waals surface area contributed by atoms with Gasteiger partial charge in [0.15, 0.2) is 0 Å². The zero-order valence-corrected chi connectivity index (χ0v) is 17.3. The van der Waals surface area contributed by atoms with E-state index in [0.717, 1.165) is 44.1 Å². The van der Waals surface area contributed by atoms with E-state index in [-0.39, 0.29) is 23.8 Å². The first-order chi connectivity index (χ1) is 14.6. The maximum atomic E-state index is 13.0. The van der Waals surface area contributed by atoms with Gasteiger partial charge in [0.05, 0.1) is 12.8 Å². The summed E-state index contributed by atoms with van der Waals surface area (Å²) in [5.74, 6) is 0.854. The fraction of sp³-hybridized carbons (Fsp3) is 0.478. The number of hydrogen-bond donors (Lipinski definition) is 1. The van der Waals surface area contributed by atoms with Gasteiger partial charge in [0.25, 0.3) is 5.91 Å². The molecule has 7 nitrogen and oxygen atoms in total. The predicted molar refractivity (Wildman–Crippen MR) is 113 cm³/mol. The van der Waals surface area contributed by atoms with Crippen molar-refractivity contribution < 1.29 is 14.3 Å². The molecule has 1 saturated carbocycles. The number of carbonyl (C=O) groups excluding carboxylic acids is 2. The summed E-state index contributed by atoms with van der Waals surface area (Å²) in [7, 11) is 1.55. The summed E-state index contributed by atoms with van der Waals surface area (Å²) in [6, 6.07) is 11.2. The van der Waals surface area contributed by atoms with E-state index in [4.69, 9.17) is 4.74 Å². The van der Waals surface area contributed by atoms with Crippen LogP contribution in [0.4, 0.5) is 0 Å². The van der Waals surface area contributed by atoms with Gasteiger partial charge >= 0.3 is 0 Å². The van der Waals surface area contributed by atoms with Gasteiger partial charge in [0.1, 0.15) is 0 Å². The Bertz CT molecular complexity index is 886. The number of nitrogens with one attached hydrogen (secondary N) is 1. The highest BCUT2D eigenvalue weighted by Gasteiger charge is 2.28. The van der Waals surface area contributed by atoms with Crippen LogP contribution in [0.5, 0.6) is 5.88 Å². The van der Waals surface area contributed by atoms with E-state index in [9.17, 15) is 9.59 Å². The number of hydrogen-bond acceptors (Lipinski definition) is 5. The number of rotatable bonds is 5. The van der Waals surface area contributed by atoms with Gasteiger partial charge in [-0.15, -0.1) is 10.2 Å². The summed E-state index contributed by atoms with van der Waals surface area (Å²) >= 11 is 0. The monoisotopic (exact) mass is 408 g/mol. The SMILES string of the molecule is COc1ccc(-c2cccc(C(=O)N3CCC(NC(=O)C4CCCC4)CC3)c2)nn1. The average molecular weight is 409 g/mol. The van der Waals surface area contributed by atoms with Crippen molar-refractivity contribution in [3.8, 4) is 17.1 Å². The molecular formula is C23H28N4O3. The molecule has 1 aromatic carbocycles. The topological polar surface area (TPSA) is 84.4 Å². The van der Waals surface area contributed by atoms with Crippen molar-refractivity contribution in [1.29, 1.82) is 0 Å². The molecule has 2 amide bonds. The fourth-order valence-electron chi connectivity index (χ4n) is 4.31. The van der Waals surface area contributed by atoms with Gasteiger partial charge in [-0.1, -0.05) is 25.0 Å². The summed E-state index contributed by atoms with van der Waals surface area (Å²) in [5.41, 5.74) is 2.17. The summed E-state index contributed by atoms with van der Waals surface area (Å²) in [5, 5.41) is 11.4. The fourth-order valence-corrected chi connectivity index (χ4v) is 4.31. The van der Waals surface area contributed by atoms with Crippen molar-refractivity contribution in [3.63, 3.8) is 0 Å². The number of piperidine rings is 1. The van der Waals surface area contributed by atoms with Crippen LogP contribution in [0.3, 0.4) is 0 Å². The minimum absolute atomic E-state index is 0.0129. The summed E-state index contributed by atoms with van der Waals surface area (Å²) in [6.07, 6.45) is 5.94. The van der Waals surface area contributed by atoms with E-state index in [1.54, 1.807) is 13.2 Å². The van der Waals surface area contributed by atoms with Gasteiger partial charge in [-0.05, 0) is 43.9 Å². The Morgan fingerprint density at radius 1 is 1.03 bits per heavy atom. The zero-order valence-electron chi connectivity index (χ0n) is 17.3. The Hall–Kier alpha value is -2.96. The highest BCUT2D eigenvalue weighted by atomic mass is 16.5. The minimum Gasteiger partial charge on any atom is -0.480 e. The Labute approximate surface area is 176 Å². The minimum atomic E-state index is 0.0129. The summed E-state index contributed by atoms with van der Waals surface area (Å²) in [6.45, 7) is 1.31. The number of methoxy groups -OCH3 is 1. The molecule has 0 bridgehead atoms. The van der Waals surface area contributed by atoms with Crippen LogP contribution in [0.2, 0.25) is 0 Å². The summed E-state index contributed by atoms with van der Waals surface area (Å²) in [4.78, 5) is 27.2. The lowest BCUT2D eigenvalue weighted by atomic mass is 10.0. The number of benzene rings is 1. The molecule has 4 rings (SSSR count). The third kappa shape index (κ3) is 4.61. The Morgan fingerprint density at radius 2 is 1.80 bits per heavy atom. The van der Waals surface area contributed by atoms with Crippen LogP contribution < -0.4 is 10.1 Å². The molecule has 1 saturated heterocycles. The number of likely N-dealkylation sites (tertiary alicyclic amines) is 1. The lowest BCUT2D eigenvalue weighted by molar-refractivity contribution is -0.125. The molecule has 2 aromatic rings. The second-order valence-electron chi connectivity index (χ2n) is 8.10. The lowest BCUT2D eigenvalue weighted by Crippen LogP contribution is -2.47. The molecule has 1 aliphatic carbocycles. The van der Waals surface area contributed by atoms with Gasteiger partial charge in [-0.2, -0.15) is 0 Å². The van der Waals surface area contributed by atoms with Gasteiger partial charge in [0, 0.05) is 42.2 Å². The van der Waals surface area contributed by atoms with Crippen LogP contribution in [0.15, 0.2) is 36.4 Å². The maximum absolute atomic E-state index is 13.0. The Morgan fingerprint density at radius 3 is 2.47 bits per heavy atom. The molecule has 0 radical (unpaired) electrons. The van der Waals surface area contributed by atoms with Gasteiger partial charge < -0.3 is 15.0 Å². The largest absolute Gasteiger partial charge is 0.480 e. The zero-order chi connectivity index (χ0) is 20.9. The summed E-state index contributed by atoms with van der Waals surface area (Å²) < 4.78 is 5.05. The van der Waals surface area contributed by atoms with Crippen LogP contribution in [-0.2, 0) is 4.79 Å². The highest BCUT2D eigenvalue weighted by molar-refractivity contribution is 5.95. The molecule has 7 heteroatoms. The van der Waals surface area contributed by atoms with Crippen LogP contribution in [0.1, 0.15) is 48.9 Å². The molecule has 0 spiro atoms. The molecule has 2 aliphatic rings. The third-order valence-corrected chi connectivity index (χ3v) is 6.11. The van der Waals surface area contributed by atoms with Crippen molar-refractivity contribution in [3.05, 3.63) is 42.0 Å². The number of amides is 2. The molecule has 0 unspecified atom stereocenters. The van der Waals surface area contributed by atoms with E-state index in [1.165, 1.54) is 0 Å². The van der Waals surface area contributed by atoms with Crippen LogP contribution in [0, 0.1) is 5.92 Å². The van der Waals surface area contributed by atoms with E-state index in [0.29, 0.717) is 30.2 Å². The second-order valence-corrected chi connectivity index (χ2v) is 8.10. The van der Waals surface area contributed by atoms with Crippen LogP contribution in [0.25, 0.3) is 11.3 Å². The van der Waals surface area contributed by atoms with Gasteiger partial charge in [-0.3, -0.25) is 9.59 Å². The molecule has 0 atom stereocenters. The van der Waals surface area contributed by atoms with E-state index >= 15 is 0 Å². The first-order valence-corrected chi connectivity index (χ1v) is 10.7. The molecule has 158 valence electrons. The second kappa shape index (κ2) is 9.24. The van der Waals surface area contributed by atoms with E-state index in [1.807, 2.05) is 35.2 Å². The Kier molecular flexibility index (Phi) is 6.26. The predicted octanol–water partition coefficient (Wildman–Crippen LogP) is 3.06. The van der Waals surface area contributed by atoms with Crippen molar-refractivity contribution in [1.82, 2.24) is 20.4 Å². The van der Waals surface area contributed by atoms with Crippen molar-refractivity contribution in [2.75, 3.05) is 20.2 Å². The lowest BCUT2D eigenvalue weighted by Gasteiger charge is -2.33. The van der Waals surface area contributed by atoms with Crippen molar-refractivity contribution in [2.24, 2.45) is 5.92 Å². The first kappa shape index (κ1) is 20.3. The molecule has 2 heterocycles. The molecule has 2 fully saturated rings. The molecule has 1 aromatic heterocycles. The number of aromatic nitrogens is 2. The Balaban J connectivity index is 1.35. The van der Waals surface area contributed by atoms with Crippen molar-refractivity contribution >= 4 is 11.8 Å². The van der Waals surface area contributed by atoms with E-state index < -0.39 is 0 Å². The quantitative estimate of drug-likeness (QED) is 0.822. The smallest absolute Gasteiger partial charge is 0.253 e. The normalized spacial score (nSPS) is 17.7. The van der Waals surface area contributed by atoms with Gasteiger partial charge in [-0.25, -0.2) is 0 Å². The highest BCUT2D eigenvalue weighted by Crippen LogP contribution is 2.26. The first-order valence-electron chi connectivity index (χ1n) is 10.7. The number of carbonyl (C=O) groups is 2. The van der Waals surface area contributed by atoms with Crippen LogP contribution >= 0.6 is 0 Å². The standard InChI is InChI=1S/C23H28N4O3/c1-30-21-10-9-20(25-26-21)17-7-4-8-18(15-17)23(29)27-13-11-19(12-14-27)24-22(28)16-5-2-3-6-16/h4,7-10,15-16,19H,2-3,5-6,11-14H2,1H3,(H,24,28). The van der Waals surface area contributed by atoms with Gasteiger partial charge in [0.2, 0.25) is 11.8 Å². The molecule has 1 aliphatic heterocycles. The molecule has 1 N–H and O–H groups in total. The molecule has 30 heavy (non-hydrogen) atoms.